The zero-order valence-corrected chi connectivity index (χ0v) is 18.6. The van der Waals surface area contributed by atoms with Crippen molar-refractivity contribution in [1.29, 1.82) is 5.26 Å². The minimum absolute atomic E-state index is 0.185. The summed E-state index contributed by atoms with van der Waals surface area (Å²) in [6.45, 7) is 5.79. The number of rotatable bonds is 5. The van der Waals surface area contributed by atoms with E-state index in [4.69, 9.17) is 5.73 Å². The zero-order valence-electron chi connectivity index (χ0n) is 18.6. The summed E-state index contributed by atoms with van der Waals surface area (Å²) in [7, 11) is 0. The molecule has 0 aliphatic rings. The van der Waals surface area contributed by atoms with Gasteiger partial charge in [-0.2, -0.15) is 5.26 Å². The molecular weight excluding hydrogens is 414 g/mol. The highest BCUT2D eigenvalue weighted by molar-refractivity contribution is 5.98. The third-order valence-corrected chi connectivity index (χ3v) is 5.58. The lowest BCUT2D eigenvalue weighted by Gasteiger charge is -2.28. The molecule has 3 aromatic heterocycles. The summed E-state index contributed by atoms with van der Waals surface area (Å²) in [5, 5.41) is 10.0. The number of nitrogens with zero attached hydrogens (tertiary/aromatic N) is 6. The Balaban J connectivity index is 1.74. The Labute approximate surface area is 191 Å². The Bertz CT molecular complexity index is 1380. The van der Waals surface area contributed by atoms with Crippen LogP contribution in [-0.4, -0.2) is 30.7 Å². The molecule has 8 nitrogen and oxygen atoms in total. The molecule has 0 aliphatic heterocycles. The Kier molecular flexibility index (Phi) is 5.96. The first kappa shape index (κ1) is 21.8. The van der Waals surface area contributed by atoms with Gasteiger partial charge < -0.3 is 10.6 Å². The number of aryl methyl sites for hydroxylation is 2. The highest BCUT2D eigenvalue weighted by Crippen LogP contribution is 2.25. The maximum Gasteiger partial charge on any atom is 0.254 e. The number of amides is 1. The van der Waals surface area contributed by atoms with E-state index in [1.54, 1.807) is 54.5 Å². The number of carbonyl (C=O) groups excluding carboxylic acids is 1. The number of nitrogen functional groups attached to an aromatic ring is 1. The third-order valence-electron chi connectivity index (χ3n) is 5.58. The van der Waals surface area contributed by atoms with Gasteiger partial charge in [-0.3, -0.25) is 9.78 Å². The molecule has 4 rings (SSSR count). The van der Waals surface area contributed by atoms with Gasteiger partial charge in [0.2, 0.25) is 0 Å². The van der Waals surface area contributed by atoms with E-state index in [9.17, 15) is 10.1 Å². The highest BCUT2D eigenvalue weighted by atomic mass is 16.2. The molecule has 1 unspecified atom stereocenters. The van der Waals surface area contributed by atoms with E-state index in [2.05, 4.69) is 26.0 Å². The average molecular weight is 438 g/mol. The largest absolute Gasteiger partial charge is 0.383 e. The number of pyridine rings is 2. The van der Waals surface area contributed by atoms with E-state index >= 15 is 0 Å². The highest BCUT2D eigenvalue weighted by Gasteiger charge is 2.26. The summed E-state index contributed by atoms with van der Waals surface area (Å²) in [4.78, 5) is 33.0. The molecule has 164 valence electrons. The molecule has 1 aromatic carbocycles. The van der Waals surface area contributed by atoms with E-state index in [1.807, 2.05) is 26.0 Å². The number of hydrogen-bond acceptors (Lipinski definition) is 7. The molecule has 0 radical (unpaired) electrons. The minimum Gasteiger partial charge on any atom is -0.383 e. The van der Waals surface area contributed by atoms with Crippen molar-refractivity contribution in [1.82, 2.24) is 24.8 Å². The second-order valence-electron chi connectivity index (χ2n) is 7.86. The summed E-state index contributed by atoms with van der Waals surface area (Å²) in [5.74, 6) is 0.817. The van der Waals surface area contributed by atoms with Crippen LogP contribution in [0.5, 0.6) is 0 Å². The van der Waals surface area contributed by atoms with E-state index in [0.717, 1.165) is 16.5 Å². The fraction of sp³-hybridized carbons (Fsp3) is 0.200. The van der Waals surface area contributed by atoms with Gasteiger partial charge in [0, 0.05) is 23.3 Å². The van der Waals surface area contributed by atoms with E-state index in [0.29, 0.717) is 34.2 Å². The minimum atomic E-state index is -0.404. The van der Waals surface area contributed by atoms with Gasteiger partial charge in [-0.05, 0) is 68.8 Å². The van der Waals surface area contributed by atoms with Gasteiger partial charge >= 0.3 is 0 Å². The van der Waals surface area contributed by atoms with Gasteiger partial charge in [-0.25, -0.2) is 15.0 Å². The fourth-order valence-corrected chi connectivity index (χ4v) is 3.64. The Hall–Kier alpha value is -4.38. The molecule has 8 heteroatoms. The molecule has 0 saturated carbocycles. The third kappa shape index (κ3) is 4.48. The molecule has 1 amide bonds. The number of aromatic nitrogens is 4. The van der Waals surface area contributed by atoms with Crippen molar-refractivity contribution in [3.8, 4) is 6.07 Å². The number of nitriles is 1. The summed E-state index contributed by atoms with van der Waals surface area (Å²) in [6, 6.07) is 14.2. The lowest BCUT2D eigenvalue weighted by Crippen LogP contribution is -2.34. The van der Waals surface area contributed by atoms with Crippen molar-refractivity contribution >= 4 is 22.6 Å². The Morgan fingerprint density at radius 1 is 1.12 bits per heavy atom. The number of fused-ring (bicyclic) bond motifs is 1. The summed E-state index contributed by atoms with van der Waals surface area (Å²) in [5.41, 5.74) is 9.83. The second-order valence-corrected chi connectivity index (χ2v) is 7.86. The predicted octanol–water partition coefficient (Wildman–Crippen LogP) is 3.89. The van der Waals surface area contributed by atoms with Crippen LogP contribution in [0.2, 0.25) is 0 Å². The summed E-state index contributed by atoms with van der Waals surface area (Å²) in [6.07, 6.45) is 3.31. The topological polar surface area (TPSA) is 122 Å². The maximum absolute atomic E-state index is 13.7. The lowest BCUT2D eigenvalue weighted by molar-refractivity contribution is 0.0663. The van der Waals surface area contributed by atoms with E-state index in [-0.39, 0.29) is 12.5 Å². The lowest BCUT2D eigenvalue weighted by atomic mass is 10.1. The van der Waals surface area contributed by atoms with Crippen LogP contribution in [0.1, 0.15) is 51.7 Å². The average Bonchev–Trinajstić information content (AvgIpc) is 2.83. The van der Waals surface area contributed by atoms with Crippen LogP contribution < -0.4 is 5.73 Å². The molecule has 0 bridgehead atoms. The van der Waals surface area contributed by atoms with Gasteiger partial charge in [0.1, 0.15) is 17.7 Å². The molecule has 0 spiro atoms. The smallest absolute Gasteiger partial charge is 0.254 e. The van der Waals surface area contributed by atoms with Crippen molar-refractivity contribution in [2.45, 2.75) is 33.4 Å². The number of anilines is 1. The molecule has 2 N–H and O–H groups in total. The van der Waals surface area contributed by atoms with Gasteiger partial charge in [-0.1, -0.05) is 0 Å². The van der Waals surface area contributed by atoms with Gasteiger partial charge in [0.25, 0.3) is 5.91 Å². The number of carbonyl (C=O) groups is 1. The normalized spacial score (nSPS) is 11.7. The zero-order chi connectivity index (χ0) is 23.5. The van der Waals surface area contributed by atoms with Crippen molar-refractivity contribution in [3.63, 3.8) is 0 Å². The molecule has 0 aliphatic carbocycles. The summed E-state index contributed by atoms with van der Waals surface area (Å²) >= 11 is 0. The first-order valence-electron chi connectivity index (χ1n) is 10.5. The molecule has 33 heavy (non-hydrogen) atoms. The SMILES string of the molecule is Cc1cc2cc(C(=O)N(Cc3ccc(C#N)c(C)n3)C(C)c3ncccn3)ccc2nc1N. The van der Waals surface area contributed by atoms with E-state index in [1.165, 1.54) is 0 Å². The van der Waals surface area contributed by atoms with Crippen LogP contribution >= 0.6 is 0 Å². The number of nitrogens with two attached hydrogens (primary N) is 1. The van der Waals surface area contributed by atoms with Crippen molar-refractivity contribution in [2.24, 2.45) is 0 Å². The standard InChI is InChI=1S/C25H23N7O/c1-15-11-20-12-18(6-8-22(20)31-23(15)27)25(33)32(17(3)24-28-9-4-10-29-24)14-21-7-5-19(13-26)16(2)30-21/h4-12,17H,14H2,1-3H3,(H2,27,31). The molecule has 0 fully saturated rings. The van der Waals surface area contributed by atoms with Crippen LogP contribution in [0.3, 0.4) is 0 Å². The Morgan fingerprint density at radius 2 is 1.88 bits per heavy atom. The maximum atomic E-state index is 13.7. The fourth-order valence-electron chi connectivity index (χ4n) is 3.64. The quantitative estimate of drug-likeness (QED) is 0.502. The van der Waals surface area contributed by atoms with Crippen LogP contribution in [-0.2, 0) is 6.54 Å². The van der Waals surface area contributed by atoms with Gasteiger partial charge in [0.05, 0.1) is 35.1 Å². The van der Waals surface area contributed by atoms with Gasteiger partial charge in [-0.15, -0.1) is 0 Å². The van der Waals surface area contributed by atoms with Crippen LogP contribution in [0.4, 0.5) is 5.82 Å². The van der Waals surface area contributed by atoms with Gasteiger partial charge in [0.15, 0.2) is 0 Å². The number of hydrogen-bond donors (Lipinski definition) is 1. The van der Waals surface area contributed by atoms with Crippen LogP contribution in [0.15, 0.2) is 54.9 Å². The number of benzene rings is 1. The molecular formula is C25H23N7O. The predicted molar refractivity (Wildman–Crippen MR) is 125 cm³/mol. The van der Waals surface area contributed by atoms with E-state index < -0.39 is 6.04 Å². The van der Waals surface area contributed by atoms with Crippen LogP contribution in [0.25, 0.3) is 10.9 Å². The Morgan fingerprint density at radius 3 is 2.58 bits per heavy atom. The molecule has 4 aromatic rings. The second kappa shape index (κ2) is 9.01. The first-order chi connectivity index (χ1) is 15.9. The molecule has 0 saturated heterocycles. The molecule has 3 heterocycles. The van der Waals surface area contributed by atoms with Crippen molar-refractivity contribution < 1.29 is 4.79 Å². The molecule has 1 atom stereocenters. The first-order valence-corrected chi connectivity index (χ1v) is 10.5. The van der Waals surface area contributed by atoms with Crippen molar-refractivity contribution in [2.75, 3.05) is 5.73 Å². The van der Waals surface area contributed by atoms with Crippen LogP contribution in [0, 0.1) is 25.2 Å². The van der Waals surface area contributed by atoms with Crippen molar-refractivity contribution in [3.05, 3.63) is 88.8 Å². The summed E-state index contributed by atoms with van der Waals surface area (Å²) < 4.78 is 0. The monoisotopic (exact) mass is 437 g/mol.